The molecule has 2 rings (SSSR count). The summed E-state index contributed by atoms with van der Waals surface area (Å²) < 4.78 is 25.0. The molecule has 0 radical (unpaired) electrons. The molecule has 9 amide bonds. The molecule has 0 aliphatic carbocycles. The Hall–Kier alpha value is -6.91. The van der Waals surface area contributed by atoms with Gasteiger partial charge in [0.1, 0.15) is 0 Å². The van der Waals surface area contributed by atoms with Gasteiger partial charge in [-0.25, -0.2) is 0 Å². The zero-order valence-corrected chi connectivity index (χ0v) is 74.8. The van der Waals surface area contributed by atoms with Crippen LogP contribution in [0.5, 0.6) is 0 Å². The summed E-state index contributed by atoms with van der Waals surface area (Å²) in [4.78, 5) is 123. The molecule has 0 aromatic heterocycles. The fourth-order valence-electron chi connectivity index (χ4n) is 11.4. The number of rotatable bonds is 51. The molecule has 0 saturated heterocycles. The average Bonchev–Trinajstić information content (AvgIpc) is 0.836. The van der Waals surface area contributed by atoms with Gasteiger partial charge in [-0.05, 0) is 130 Å². The first-order chi connectivity index (χ1) is 51.2. The number of nitrogens with one attached hydrogen (secondary N) is 8. The summed E-state index contributed by atoms with van der Waals surface area (Å²) in [6.45, 7) is 56.3. The zero-order valence-electron chi connectivity index (χ0n) is 74.0. The van der Waals surface area contributed by atoms with Gasteiger partial charge in [-0.15, -0.1) is 11.8 Å². The van der Waals surface area contributed by atoms with Gasteiger partial charge in [-0.1, -0.05) is 164 Å². The highest BCUT2D eigenvalue weighted by atomic mass is 32.2. The second kappa shape index (κ2) is 44.3. The van der Waals surface area contributed by atoms with Crippen molar-refractivity contribution in [1.82, 2.24) is 42.1 Å². The average molecular weight is 1590 g/mol. The molecule has 0 saturated carbocycles. The van der Waals surface area contributed by atoms with Crippen LogP contribution in [0.4, 0.5) is 5.69 Å². The molecule has 0 unspecified atom stereocenters. The third kappa shape index (κ3) is 43.5. The lowest BCUT2D eigenvalue weighted by Crippen LogP contribution is -2.45. The molecule has 0 aliphatic heterocycles. The second-order valence-corrected chi connectivity index (χ2v) is 41.3. The van der Waals surface area contributed by atoms with Crippen LogP contribution in [0.1, 0.15) is 271 Å². The van der Waals surface area contributed by atoms with E-state index in [4.69, 9.17) is 24.2 Å². The number of carbonyl (C=O) groups excluding carboxylic acids is 9. The van der Waals surface area contributed by atoms with Crippen LogP contribution in [-0.4, -0.2) is 174 Å². The maximum Gasteiger partial charge on any atom is 0.253 e. The molecule has 2 aromatic rings. The lowest BCUT2D eigenvalue weighted by atomic mass is 9.79. The molecule has 0 fully saturated rings. The van der Waals surface area contributed by atoms with E-state index in [2.05, 4.69) is 84.1 Å². The van der Waals surface area contributed by atoms with E-state index >= 15 is 0 Å². The van der Waals surface area contributed by atoms with Gasteiger partial charge in [0.2, 0.25) is 41.4 Å². The van der Waals surface area contributed by atoms with Crippen LogP contribution in [0.15, 0.2) is 54.6 Å². The van der Waals surface area contributed by atoms with Crippen LogP contribution in [0.3, 0.4) is 0 Å². The first kappa shape index (κ1) is 101. The molecule has 0 bridgehead atoms. The Morgan fingerprint density at radius 3 is 1.15 bits per heavy atom. The fraction of sp³-hybridized carbons (Fsp3) is 0.727. The topological polar surface area (TPSA) is 314 Å². The third-order valence-electron chi connectivity index (χ3n) is 19.2. The van der Waals surface area contributed by atoms with Crippen molar-refractivity contribution in [3.63, 3.8) is 0 Å². The number of anilines is 1. The van der Waals surface area contributed by atoms with Crippen LogP contribution >= 0.6 is 11.8 Å². The number of hydrogen-bond donors (Lipinski definition) is 8. The number of amides is 9. The van der Waals surface area contributed by atoms with E-state index < -0.39 is 43.7 Å². The number of thioether (sulfide) groups is 1. The normalized spacial score (nSPS) is 13.1. The molecule has 634 valence electrons. The number of benzene rings is 2. The van der Waals surface area contributed by atoms with Gasteiger partial charge < -0.3 is 66.4 Å². The summed E-state index contributed by atoms with van der Waals surface area (Å²) >= 11 is 1.45. The molecular formula is C88H148N10O13S. The van der Waals surface area contributed by atoms with Gasteiger partial charge in [0.05, 0.1) is 69.8 Å². The van der Waals surface area contributed by atoms with Crippen molar-refractivity contribution < 1.29 is 62.1 Å². The van der Waals surface area contributed by atoms with Crippen molar-refractivity contribution in [1.29, 1.82) is 5.26 Å². The SMILES string of the molecule is CS/C(=C/C#N)c1ccc(NC(=O)CCCNC(=O)c2ccc(C(=O)N(CCNC(=O)CC(C)(C)COCC(C)(C)CNC(=O)CC(C)(C)OCC(C)(C)CNC(=O)C(C)(C)CCC(C)(C)C)CCNC(=O)CC(C)(C)COCC(C)(C)CNC(=O)CC(C)(C)OCC(C)(C)CNC(=O)C(C)(C)CCC(C)(C)C)cc2)cc1. The van der Waals surface area contributed by atoms with E-state index in [1.807, 2.05) is 163 Å². The Kier molecular flexibility index (Phi) is 40.0. The summed E-state index contributed by atoms with van der Waals surface area (Å²) in [7, 11) is 0. The van der Waals surface area contributed by atoms with Gasteiger partial charge in [0.15, 0.2) is 0 Å². The van der Waals surface area contributed by atoms with Crippen molar-refractivity contribution >= 4 is 75.5 Å². The van der Waals surface area contributed by atoms with Crippen LogP contribution in [-0.2, 0) is 52.5 Å². The zero-order chi connectivity index (χ0) is 85.6. The monoisotopic (exact) mass is 1590 g/mol. The number of allylic oxidation sites excluding steroid dienone is 1. The van der Waals surface area contributed by atoms with E-state index in [-0.39, 0.29) is 158 Å². The molecule has 23 nitrogen and oxygen atoms in total. The first-order valence-corrected chi connectivity index (χ1v) is 41.2. The lowest BCUT2D eigenvalue weighted by molar-refractivity contribution is -0.133. The minimum absolute atomic E-state index is 0.0140. The summed E-state index contributed by atoms with van der Waals surface area (Å²) in [6, 6.07) is 15.4. The van der Waals surface area contributed by atoms with Crippen molar-refractivity contribution in [2.45, 2.75) is 255 Å². The van der Waals surface area contributed by atoms with Crippen LogP contribution < -0.4 is 42.5 Å². The predicted molar refractivity (Wildman–Crippen MR) is 452 cm³/mol. The third-order valence-corrected chi connectivity index (χ3v) is 20.0. The molecule has 24 heteroatoms. The second-order valence-electron chi connectivity index (χ2n) is 40.5. The Morgan fingerprint density at radius 1 is 0.411 bits per heavy atom. The van der Waals surface area contributed by atoms with Gasteiger partial charge >= 0.3 is 0 Å². The van der Waals surface area contributed by atoms with E-state index in [0.717, 1.165) is 36.2 Å². The highest BCUT2D eigenvalue weighted by molar-refractivity contribution is 8.07. The van der Waals surface area contributed by atoms with Crippen molar-refractivity contribution in [2.75, 3.05) is 110 Å². The Morgan fingerprint density at radius 2 is 0.768 bits per heavy atom. The molecule has 2 aromatic carbocycles. The molecule has 0 heterocycles. The largest absolute Gasteiger partial charge is 0.380 e. The molecule has 0 atom stereocenters. The van der Waals surface area contributed by atoms with Crippen LogP contribution in [0.25, 0.3) is 4.91 Å². The minimum atomic E-state index is -0.769. The summed E-state index contributed by atoms with van der Waals surface area (Å²) in [5.74, 6) is -1.80. The number of ether oxygens (including phenoxy) is 4. The first-order valence-electron chi connectivity index (χ1n) is 40.0. The smallest absolute Gasteiger partial charge is 0.253 e. The molecule has 0 spiro atoms. The van der Waals surface area contributed by atoms with Gasteiger partial charge in [-0.3, -0.25) is 43.2 Å². The van der Waals surface area contributed by atoms with Crippen molar-refractivity contribution in [3.05, 3.63) is 71.3 Å². The Balaban J connectivity index is 2.05. The highest BCUT2D eigenvalue weighted by Crippen LogP contribution is 2.34. The molecule has 112 heavy (non-hydrogen) atoms. The number of nitrogens with zero attached hydrogens (tertiary/aromatic N) is 2. The van der Waals surface area contributed by atoms with Crippen molar-refractivity contribution in [2.24, 2.45) is 54.1 Å². The number of hydrogen-bond acceptors (Lipinski definition) is 15. The van der Waals surface area contributed by atoms with Crippen LogP contribution in [0.2, 0.25) is 0 Å². The number of nitriles is 1. The summed E-state index contributed by atoms with van der Waals surface area (Å²) in [5, 5.41) is 33.1. The Labute approximate surface area is 678 Å². The predicted octanol–water partition coefficient (Wildman–Crippen LogP) is 14.2. The van der Waals surface area contributed by atoms with E-state index in [1.165, 1.54) is 22.7 Å². The van der Waals surface area contributed by atoms with Crippen molar-refractivity contribution in [3.8, 4) is 6.07 Å². The number of carbonyl (C=O) groups is 9. The van der Waals surface area contributed by atoms with E-state index in [9.17, 15) is 43.2 Å². The molecule has 0 aliphatic rings. The quantitative estimate of drug-likeness (QED) is 0.0225. The lowest BCUT2D eigenvalue weighted by Gasteiger charge is -2.34. The molecule has 8 N–H and O–H groups in total. The minimum Gasteiger partial charge on any atom is -0.380 e. The van der Waals surface area contributed by atoms with E-state index in [1.54, 1.807) is 36.4 Å². The van der Waals surface area contributed by atoms with Crippen LogP contribution in [0, 0.1) is 65.5 Å². The van der Waals surface area contributed by atoms with Gasteiger partial charge in [-0.2, -0.15) is 5.26 Å². The molecular weight excluding hydrogens is 1440 g/mol. The maximum atomic E-state index is 14.4. The highest BCUT2D eigenvalue weighted by Gasteiger charge is 2.36. The van der Waals surface area contributed by atoms with E-state index in [0.29, 0.717) is 70.3 Å². The fourth-order valence-corrected chi connectivity index (χ4v) is 12.0. The van der Waals surface area contributed by atoms with Gasteiger partial charge in [0.25, 0.3) is 11.8 Å². The standard InChI is InChI=1S/C88H148N10O13S/c1-77(2,3)39-41-85(19,20)75(106)95-55-83(15,16)61-110-87(23,24)51-71(102)93-53-81(11,12)59-108-57-79(7,8)49-69(100)90-45-47-98(74(105)65-32-30-64(31-33-65)73(104)92-44-28-29-68(99)97-66-36-34-63(35-37-66)67(112-27)38-43-89)48-46-91-70(101)50-80(9,10)58-109-60-82(13,14)54-94-72(103)52-88(25,26)111-62-84(17,18)56-96-76(107)86(21,22)42-40-78(4,5)6/h30-38H,28-29,39-42,44-62H2,1-27H3,(H,90,100)(H,91,101)(H,92,104)(H,93,102)(H,94,103)(H,95,106)(H,96,107)(H,97,99)/b67-38+. The summed E-state index contributed by atoms with van der Waals surface area (Å²) in [5.41, 5.74) is -3.06. The summed E-state index contributed by atoms with van der Waals surface area (Å²) in [6.07, 6.45) is 7.80. The Bertz CT molecular complexity index is 3300. The van der Waals surface area contributed by atoms with Gasteiger partial charge in [0, 0.05) is 138 Å². The maximum absolute atomic E-state index is 14.4.